The summed E-state index contributed by atoms with van der Waals surface area (Å²) in [6, 6.07) is 19.0. The maximum atomic E-state index is 12.2. The van der Waals surface area contributed by atoms with Gasteiger partial charge in [-0.2, -0.15) is 0 Å². The number of hydrogen-bond acceptors (Lipinski definition) is 2. The maximum Gasteiger partial charge on any atom is 0.196 e. The van der Waals surface area contributed by atoms with Crippen molar-refractivity contribution in [3.8, 4) is 0 Å². The monoisotopic (exact) mass is 272 g/mol. The maximum absolute atomic E-state index is 12.2. The number of ketones is 1. The van der Waals surface area contributed by atoms with Gasteiger partial charge < -0.3 is 4.74 Å². The van der Waals surface area contributed by atoms with Gasteiger partial charge >= 0.3 is 0 Å². The first-order chi connectivity index (χ1) is 9.25. The second-order valence-corrected chi connectivity index (χ2v) is 5.02. The number of carbonyl (C=O) groups is 1. The Morgan fingerprint density at radius 3 is 2.05 bits per heavy atom. The molecule has 1 aliphatic heterocycles. The van der Waals surface area contributed by atoms with Crippen molar-refractivity contribution in [2.45, 2.75) is 11.0 Å². The van der Waals surface area contributed by atoms with Crippen LogP contribution in [0.3, 0.4) is 0 Å². The van der Waals surface area contributed by atoms with Crippen LogP contribution in [0.15, 0.2) is 60.7 Å². The van der Waals surface area contributed by atoms with E-state index in [0.717, 1.165) is 11.1 Å². The molecular weight excluding hydrogens is 260 g/mol. The van der Waals surface area contributed by atoms with Crippen LogP contribution in [0, 0.1) is 0 Å². The average molecular weight is 273 g/mol. The minimum atomic E-state index is -1.04. The number of hydrogen-bond donors (Lipinski definition) is 0. The molecule has 1 unspecified atom stereocenters. The van der Waals surface area contributed by atoms with Crippen LogP contribution in [0.4, 0.5) is 0 Å². The summed E-state index contributed by atoms with van der Waals surface area (Å²) < 4.78 is 5.65. The molecule has 2 nitrogen and oxygen atoms in total. The van der Waals surface area contributed by atoms with Gasteiger partial charge in [-0.25, -0.2) is 0 Å². The molecule has 19 heavy (non-hydrogen) atoms. The molecule has 1 saturated heterocycles. The lowest BCUT2D eigenvalue weighted by atomic mass is 9.79. The molecule has 2 atom stereocenters. The van der Waals surface area contributed by atoms with Gasteiger partial charge in [0.05, 0.1) is 5.38 Å². The molecule has 0 N–H and O–H groups in total. The van der Waals surface area contributed by atoms with Crippen LogP contribution in [0.5, 0.6) is 0 Å². The number of Topliss-reactive ketones (excluding diaryl/α,β-unsaturated/α-hetero) is 1. The van der Waals surface area contributed by atoms with Gasteiger partial charge in [0.1, 0.15) is 6.61 Å². The summed E-state index contributed by atoms with van der Waals surface area (Å²) in [4.78, 5) is 12.2. The fourth-order valence-corrected chi connectivity index (χ4v) is 2.89. The second-order valence-electron chi connectivity index (χ2n) is 4.59. The molecule has 2 aromatic carbocycles. The van der Waals surface area contributed by atoms with Crippen molar-refractivity contribution in [1.29, 1.82) is 0 Å². The van der Waals surface area contributed by atoms with E-state index in [4.69, 9.17) is 16.3 Å². The Balaban J connectivity index is 2.05. The van der Waals surface area contributed by atoms with Gasteiger partial charge in [-0.3, -0.25) is 4.79 Å². The van der Waals surface area contributed by atoms with Crippen molar-refractivity contribution in [3.05, 3.63) is 71.8 Å². The number of halogens is 1. The predicted molar refractivity (Wildman–Crippen MR) is 74.1 cm³/mol. The molecule has 1 aliphatic rings. The molecule has 0 saturated carbocycles. The van der Waals surface area contributed by atoms with E-state index >= 15 is 0 Å². The Morgan fingerprint density at radius 1 is 1.00 bits per heavy atom. The third-order valence-electron chi connectivity index (χ3n) is 3.50. The molecule has 0 amide bonds. The lowest BCUT2D eigenvalue weighted by Crippen LogP contribution is -2.54. The zero-order valence-corrected chi connectivity index (χ0v) is 11.0. The standard InChI is InChI=1S/C16H13ClO2/c17-15(12-7-3-1-4-8-12)16(14(18)11-19-16)13-9-5-2-6-10-13/h1-10,15H,11H2/t15-,16?/m0/s1. The smallest absolute Gasteiger partial charge is 0.196 e. The van der Waals surface area contributed by atoms with Gasteiger partial charge in [0.15, 0.2) is 11.4 Å². The molecular formula is C16H13ClO2. The molecule has 0 aromatic heterocycles. The molecule has 1 heterocycles. The summed E-state index contributed by atoms with van der Waals surface area (Å²) in [7, 11) is 0. The Morgan fingerprint density at radius 2 is 1.58 bits per heavy atom. The van der Waals surface area contributed by atoms with Crippen molar-refractivity contribution in [1.82, 2.24) is 0 Å². The highest BCUT2D eigenvalue weighted by Gasteiger charge is 2.54. The summed E-state index contributed by atoms with van der Waals surface area (Å²) in [5.74, 6) is 0.0301. The van der Waals surface area contributed by atoms with Crippen LogP contribution in [0.2, 0.25) is 0 Å². The number of rotatable bonds is 3. The van der Waals surface area contributed by atoms with Gasteiger partial charge in [0.25, 0.3) is 0 Å². The van der Waals surface area contributed by atoms with Gasteiger partial charge in [0.2, 0.25) is 0 Å². The number of carbonyl (C=O) groups excluding carboxylic acids is 1. The Kier molecular flexibility index (Phi) is 3.13. The molecule has 3 rings (SSSR count). The van der Waals surface area contributed by atoms with E-state index in [1.807, 2.05) is 60.7 Å². The molecule has 0 spiro atoms. The highest BCUT2D eigenvalue weighted by atomic mass is 35.5. The minimum Gasteiger partial charge on any atom is -0.352 e. The fourth-order valence-electron chi connectivity index (χ4n) is 2.43. The van der Waals surface area contributed by atoms with E-state index in [9.17, 15) is 4.79 Å². The number of ether oxygens (including phenoxy) is 1. The largest absolute Gasteiger partial charge is 0.352 e. The minimum absolute atomic E-state index is 0.0301. The summed E-state index contributed by atoms with van der Waals surface area (Å²) in [6.45, 7) is 0.130. The number of benzene rings is 2. The first kappa shape index (κ1) is 12.4. The molecule has 0 radical (unpaired) electrons. The van der Waals surface area contributed by atoms with Crippen molar-refractivity contribution in [2.75, 3.05) is 6.61 Å². The Labute approximate surface area is 117 Å². The third kappa shape index (κ3) is 1.88. The van der Waals surface area contributed by atoms with Crippen molar-refractivity contribution < 1.29 is 9.53 Å². The van der Waals surface area contributed by atoms with Crippen LogP contribution in [0.1, 0.15) is 16.5 Å². The molecule has 3 heteroatoms. The zero-order chi connectivity index (χ0) is 13.3. The first-order valence-electron chi connectivity index (χ1n) is 6.17. The predicted octanol–water partition coefficient (Wildman–Crippen LogP) is 3.46. The van der Waals surface area contributed by atoms with Crippen molar-refractivity contribution in [3.63, 3.8) is 0 Å². The summed E-state index contributed by atoms with van der Waals surface area (Å²) in [5, 5.41) is -0.516. The lowest BCUT2D eigenvalue weighted by molar-refractivity contribution is -0.182. The molecule has 2 aromatic rings. The second kappa shape index (κ2) is 4.80. The van der Waals surface area contributed by atoms with E-state index in [-0.39, 0.29) is 12.4 Å². The summed E-state index contributed by atoms with van der Waals surface area (Å²) in [6.07, 6.45) is 0. The van der Waals surface area contributed by atoms with Crippen molar-refractivity contribution in [2.24, 2.45) is 0 Å². The topological polar surface area (TPSA) is 26.3 Å². The lowest BCUT2D eigenvalue weighted by Gasteiger charge is -2.43. The Hall–Kier alpha value is -1.64. The zero-order valence-electron chi connectivity index (χ0n) is 10.3. The van der Waals surface area contributed by atoms with E-state index < -0.39 is 11.0 Å². The fraction of sp³-hybridized carbons (Fsp3) is 0.188. The summed E-state index contributed by atoms with van der Waals surface area (Å²) in [5.41, 5.74) is 0.667. The van der Waals surface area contributed by atoms with Crippen LogP contribution < -0.4 is 0 Å². The SMILES string of the molecule is O=C1COC1(c1ccccc1)[C@@H](Cl)c1ccccc1. The van der Waals surface area contributed by atoms with E-state index in [1.165, 1.54) is 0 Å². The highest BCUT2D eigenvalue weighted by Crippen LogP contribution is 2.48. The molecule has 0 bridgehead atoms. The van der Waals surface area contributed by atoms with Crippen LogP contribution >= 0.6 is 11.6 Å². The normalized spacial score (nSPS) is 23.7. The Bertz CT molecular complexity index is 582. The quantitative estimate of drug-likeness (QED) is 0.800. The van der Waals surface area contributed by atoms with Crippen LogP contribution in [-0.2, 0) is 15.1 Å². The summed E-state index contributed by atoms with van der Waals surface area (Å²) >= 11 is 6.55. The van der Waals surface area contributed by atoms with Gasteiger partial charge in [-0.1, -0.05) is 60.7 Å². The van der Waals surface area contributed by atoms with Gasteiger partial charge in [-0.15, -0.1) is 11.6 Å². The third-order valence-corrected chi connectivity index (χ3v) is 4.06. The average Bonchev–Trinajstić information content (AvgIpc) is 2.48. The first-order valence-corrected chi connectivity index (χ1v) is 6.60. The van der Waals surface area contributed by atoms with E-state index in [0.29, 0.717) is 0 Å². The van der Waals surface area contributed by atoms with E-state index in [2.05, 4.69) is 0 Å². The van der Waals surface area contributed by atoms with Crippen molar-refractivity contribution >= 4 is 17.4 Å². The highest BCUT2D eigenvalue weighted by molar-refractivity contribution is 6.24. The number of alkyl halides is 1. The molecule has 0 aliphatic carbocycles. The van der Waals surface area contributed by atoms with Gasteiger partial charge in [-0.05, 0) is 11.1 Å². The molecule has 1 fully saturated rings. The van der Waals surface area contributed by atoms with Crippen LogP contribution in [0.25, 0.3) is 0 Å². The molecule has 96 valence electrons. The van der Waals surface area contributed by atoms with E-state index in [1.54, 1.807) is 0 Å². The van der Waals surface area contributed by atoms with Gasteiger partial charge in [0, 0.05) is 0 Å². The van der Waals surface area contributed by atoms with Crippen LogP contribution in [-0.4, -0.2) is 12.4 Å².